The van der Waals surface area contributed by atoms with Gasteiger partial charge >= 0.3 is 6.09 Å². The van der Waals surface area contributed by atoms with Gasteiger partial charge in [-0.2, -0.15) is 0 Å². The van der Waals surface area contributed by atoms with Crippen molar-refractivity contribution in [3.63, 3.8) is 0 Å². The van der Waals surface area contributed by atoms with E-state index >= 15 is 0 Å². The van der Waals surface area contributed by atoms with Crippen molar-refractivity contribution in [1.29, 1.82) is 0 Å². The Morgan fingerprint density at radius 3 is 2.53 bits per heavy atom. The van der Waals surface area contributed by atoms with Gasteiger partial charge in [-0.3, -0.25) is 24.5 Å². The smallest absolute Gasteiger partial charge is 0.410 e. The fourth-order valence-electron chi connectivity index (χ4n) is 6.82. The SMILES string of the molecule is C[C@@H]1CN(CC(=O)N2CC(C)(C)c3cnc(Cc4ccc(F)cc4)cc32)[C@@H](CN2Cc3ncccc3C2=O)CN1C(=O)OC(C)(C)C. The van der Waals surface area contributed by atoms with Gasteiger partial charge in [-0.25, -0.2) is 9.18 Å². The Balaban J connectivity index is 1.24. The lowest BCUT2D eigenvalue weighted by Gasteiger charge is -2.46. The molecule has 2 aromatic heterocycles. The van der Waals surface area contributed by atoms with Crippen LogP contribution in [0.25, 0.3) is 0 Å². The molecular formula is C36H43FN6O4. The molecule has 0 bridgehead atoms. The summed E-state index contributed by atoms with van der Waals surface area (Å²) in [5, 5.41) is 0. The van der Waals surface area contributed by atoms with Crippen LogP contribution in [0.4, 0.5) is 14.9 Å². The molecule has 10 nitrogen and oxygen atoms in total. The third-order valence-electron chi connectivity index (χ3n) is 9.21. The summed E-state index contributed by atoms with van der Waals surface area (Å²) in [5.41, 5.74) is 3.93. The average Bonchev–Trinajstić information content (AvgIpc) is 3.46. The van der Waals surface area contributed by atoms with E-state index in [4.69, 9.17) is 9.72 Å². The average molecular weight is 643 g/mol. The Kier molecular flexibility index (Phi) is 8.54. The molecule has 1 saturated heterocycles. The zero-order chi connectivity index (χ0) is 33.7. The van der Waals surface area contributed by atoms with Gasteiger partial charge in [0.1, 0.15) is 11.4 Å². The Hall–Kier alpha value is -4.38. The van der Waals surface area contributed by atoms with E-state index < -0.39 is 11.7 Å². The second kappa shape index (κ2) is 12.3. The first-order chi connectivity index (χ1) is 22.2. The van der Waals surface area contributed by atoms with Crippen LogP contribution in [0.5, 0.6) is 0 Å². The number of halogens is 1. The highest BCUT2D eigenvalue weighted by Crippen LogP contribution is 2.41. The van der Waals surface area contributed by atoms with Gasteiger partial charge in [-0.1, -0.05) is 26.0 Å². The fraction of sp³-hybridized carbons (Fsp3) is 0.472. The molecule has 0 radical (unpaired) electrons. The highest BCUT2D eigenvalue weighted by Gasteiger charge is 2.43. The molecular weight excluding hydrogens is 599 g/mol. The number of piperazine rings is 1. The van der Waals surface area contributed by atoms with Crippen LogP contribution in [0.2, 0.25) is 0 Å². The Morgan fingerprint density at radius 1 is 1.09 bits per heavy atom. The first-order valence-corrected chi connectivity index (χ1v) is 16.2. The fourth-order valence-corrected chi connectivity index (χ4v) is 6.82. The van der Waals surface area contributed by atoms with Crippen LogP contribution in [-0.4, -0.2) is 93.0 Å². The number of anilines is 1. The van der Waals surface area contributed by atoms with Crippen LogP contribution >= 0.6 is 0 Å². The highest BCUT2D eigenvalue weighted by molar-refractivity contribution is 5.98. The number of aromatic nitrogens is 2. The van der Waals surface area contributed by atoms with Crippen molar-refractivity contribution in [2.75, 3.05) is 37.6 Å². The van der Waals surface area contributed by atoms with Crippen molar-refractivity contribution in [1.82, 2.24) is 24.7 Å². The number of carbonyl (C=O) groups excluding carboxylic acids is 3. The minimum absolute atomic E-state index is 0.0589. The molecule has 0 spiro atoms. The summed E-state index contributed by atoms with van der Waals surface area (Å²) in [7, 11) is 0. The molecule has 3 amide bonds. The normalized spacial score (nSPS) is 20.7. The lowest BCUT2D eigenvalue weighted by atomic mass is 9.88. The van der Waals surface area contributed by atoms with Gasteiger partial charge in [-0.15, -0.1) is 0 Å². The number of hydrogen-bond donors (Lipinski definition) is 0. The maximum Gasteiger partial charge on any atom is 0.410 e. The highest BCUT2D eigenvalue weighted by atomic mass is 19.1. The topological polar surface area (TPSA) is 99.2 Å². The van der Waals surface area contributed by atoms with Gasteiger partial charge < -0.3 is 19.4 Å². The summed E-state index contributed by atoms with van der Waals surface area (Å²) >= 11 is 0. The number of ether oxygens (including phenoxy) is 1. The van der Waals surface area contributed by atoms with E-state index in [1.165, 1.54) is 12.1 Å². The molecule has 3 aliphatic heterocycles. The second-order valence-electron chi connectivity index (χ2n) is 14.6. The molecule has 2 atom stereocenters. The second-order valence-corrected chi connectivity index (χ2v) is 14.6. The van der Waals surface area contributed by atoms with Gasteiger partial charge in [0, 0.05) is 73.7 Å². The number of hydrogen-bond acceptors (Lipinski definition) is 7. The van der Waals surface area contributed by atoms with Crippen LogP contribution in [0.3, 0.4) is 0 Å². The molecule has 0 saturated carbocycles. The molecule has 248 valence electrons. The molecule has 1 aromatic carbocycles. The van der Waals surface area contributed by atoms with Gasteiger partial charge in [-0.05, 0) is 63.6 Å². The monoisotopic (exact) mass is 642 g/mol. The maximum absolute atomic E-state index is 14.2. The number of rotatable bonds is 6. The van der Waals surface area contributed by atoms with Gasteiger partial charge in [0.25, 0.3) is 5.91 Å². The van der Waals surface area contributed by atoms with Crippen LogP contribution < -0.4 is 4.90 Å². The Bertz CT molecular complexity index is 1690. The molecule has 0 N–H and O–H groups in total. The number of fused-ring (bicyclic) bond motifs is 2. The molecule has 0 aliphatic carbocycles. The van der Waals surface area contributed by atoms with Crippen molar-refractivity contribution in [3.8, 4) is 0 Å². The van der Waals surface area contributed by atoms with E-state index in [0.717, 1.165) is 28.2 Å². The summed E-state index contributed by atoms with van der Waals surface area (Å²) < 4.78 is 19.2. The van der Waals surface area contributed by atoms with Gasteiger partial charge in [0.05, 0.1) is 30.0 Å². The van der Waals surface area contributed by atoms with Crippen LogP contribution in [-0.2, 0) is 27.9 Å². The summed E-state index contributed by atoms with van der Waals surface area (Å²) in [4.78, 5) is 57.3. The third-order valence-corrected chi connectivity index (χ3v) is 9.21. The largest absolute Gasteiger partial charge is 0.444 e. The molecule has 3 aromatic rings. The molecule has 6 rings (SSSR count). The quantitative estimate of drug-likeness (QED) is 0.381. The maximum atomic E-state index is 14.2. The predicted molar refractivity (Wildman–Crippen MR) is 176 cm³/mol. The lowest BCUT2D eigenvalue weighted by molar-refractivity contribution is -0.121. The molecule has 3 aliphatic rings. The predicted octanol–water partition coefficient (Wildman–Crippen LogP) is 4.80. The summed E-state index contributed by atoms with van der Waals surface area (Å²) in [6, 6.07) is 11.4. The summed E-state index contributed by atoms with van der Waals surface area (Å²) in [5.74, 6) is -0.446. The Labute approximate surface area is 275 Å². The van der Waals surface area contributed by atoms with E-state index in [1.54, 1.807) is 40.3 Å². The molecule has 1 fully saturated rings. The van der Waals surface area contributed by atoms with Crippen molar-refractivity contribution >= 4 is 23.6 Å². The van der Waals surface area contributed by atoms with Gasteiger partial charge in [0.2, 0.25) is 5.91 Å². The van der Waals surface area contributed by atoms with Crippen molar-refractivity contribution in [2.45, 2.75) is 77.6 Å². The number of amides is 3. The van der Waals surface area contributed by atoms with E-state index in [2.05, 4.69) is 23.7 Å². The number of carbonyl (C=O) groups is 3. The molecule has 47 heavy (non-hydrogen) atoms. The first kappa shape index (κ1) is 32.6. The van der Waals surface area contributed by atoms with E-state index in [9.17, 15) is 18.8 Å². The lowest BCUT2D eigenvalue weighted by Crippen LogP contribution is -2.63. The van der Waals surface area contributed by atoms with Gasteiger partial charge in [0.15, 0.2) is 0 Å². The number of benzene rings is 1. The zero-order valence-electron chi connectivity index (χ0n) is 28.0. The van der Waals surface area contributed by atoms with Crippen LogP contribution in [0.15, 0.2) is 54.9 Å². The Morgan fingerprint density at radius 2 is 1.83 bits per heavy atom. The first-order valence-electron chi connectivity index (χ1n) is 16.2. The van der Waals surface area contributed by atoms with E-state index in [1.807, 2.05) is 44.9 Å². The van der Waals surface area contributed by atoms with E-state index in [-0.39, 0.29) is 41.7 Å². The summed E-state index contributed by atoms with van der Waals surface area (Å²) in [6.07, 6.45) is 3.65. The minimum atomic E-state index is -0.655. The molecule has 11 heteroatoms. The number of nitrogens with zero attached hydrogens (tertiary/aromatic N) is 6. The third kappa shape index (κ3) is 6.86. The van der Waals surface area contributed by atoms with Crippen molar-refractivity contribution < 1.29 is 23.5 Å². The summed E-state index contributed by atoms with van der Waals surface area (Å²) in [6.45, 7) is 13.8. The zero-order valence-corrected chi connectivity index (χ0v) is 28.0. The van der Waals surface area contributed by atoms with Crippen LogP contribution in [0.1, 0.15) is 74.4 Å². The number of pyridine rings is 2. The standard InChI is InChI=1S/C36H43FN6O4/c1-23-17-40(27(19-42(23)34(46)47-35(2,3)4)18-41-20-30-28(33(41)45)8-7-13-38-30)21-32(44)43-22-36(5,6)29-16-39-26(15-31(29)43)14-24-9-11-25(37)12-10-24/h7-13,15-16,23,27H,14,17-22H2,1-6H3/t23-,27+/m1/s1. The minimum Gasteiger partial charge on any atom is -0.444 e. The van der Waals surface area contributed by atoms with Crippen LogP contribution in [0, 0.1) is 5.82 Å². The van der Waals surface area contributed by atoms with E-state index in [0.29, 0.717) is 44.7 Å². The molecule has 0 unspecified atom stereocenters. The van der Waals surface area contributed by atoms with Crippen molar-refractivity contribution in [3.05, 3.63) is 88.8 Å². The van der Waals surface area contributed by atoms with Crippen molar-refractivity contribution in [2.24, 2.45) is 0 Å². The molecule has 5 heterocycles.